The number of rotatable bonds is 4. The highest BCUT2D eigenvalue weighted by Gasteiger charge is 2.14. The summed E-state index contributed by atoms with van der Waals surface area (Å²) in [6.07, 6.45) is 0.813. The molecule has 6 heteroatoms. The van der Waals surface area contributed by atoms with Gasteiger partial charge in [0.25, 0.3) is 5.89 Å². The largest absolute Gasteiger partial charge is 0.332 e. The van der Waals surface area contributed by atoms with Crippen molar-refractivity contribution >= 4 is 11.3 Å². The van der Waals surface area contributed by atoms with Gasteiger partial charge in [-0.2, -0.15) is 4.98 Å². The second kappa shape index (κ2) is 4.93. The van der Waals surface area contributed by atoms with Crippen molar-refractivity contribution in [1.29, 1.82) is 0 Å². The molecular formula is C11H16N4OS. The third-order valence-electron chi connectivity index (χ3n) is 2.19. The van der Waals surface area contributed by atoms with E-state index in [1.165, 1.54) is 11.3 Å². The molecule has 0 amide bonds. The molecule has 0 saturated carbocycles. The summed E-state index contributed by atoms with van der Waals surface area (Å²) < 4.78 is 5.19. The van der Waals surface area contributed by atoms with E-state index in [2.05, 4.69) is 29.0 Å². The Labute approximate surface area is 104 Å². The van der Waals surface area contributed by atoms with Crippen molar-refractivity contribution in [2.24, 2.45) is 11.7 Å². The summed E-state index contributed by atoms with van der Waals surface area (Å²) in [4.78, 5) is 8.69. The maximum Gasteiger partial charge on any atom is 0.277 e. The fraction of sp³-hybridized carbons (Fsp3) is 0.545. The van der Waals surface area contributed by atoms with Gasteiger partial charge in [0.2, 0.25) is 0 Å². The first-order valence-electron chi connectivity index (χ1n) is 5.60. The smallest absolute Gasteiger partial charge is 0.277 e. The highest BCUT2D eigenvalue weighted by molar-refractivity contribution is 7.10. The maximum atomic E-state index is 5.76. The summed E-state index contributed by atoms with van der Waals surface area (Å²) in [5.41, 5.74) is 6.47. The summed E-state index contributed by atoms with van der Waals surface area (Å²) in [5, 5.41) is 6.71. The van der Waals surface area contributed by atoms with Crippen LogP contribution in [0, 0.1) is 5.92 Å². The molecule has 2 rings (SSSR count). The zero-order chi connectivity index (χ0) is 12.4. The van der Waals surface area contributed by atoms with Gasteiger partial charge >= 0.3 is 0 Å². The van der Waals surface area contributed by atoms with E-state index in [0.717, 1.165) is 17.3 Å². The number of aromatic nitrogens is 3. The van der Waals surface area contributed by atoms with Crippen molar-refractivity contribution < 1.29 is 4.52 Å². The van der Waals surface area contributed by atoms with E-state index >= 15 is 0 Å². The third-order valence-corrected chi connectivity index (χ3v) is 3.24. The van der Waals surface area contributed by atoms with Crippen LogP contribution < -0.4 is 5.73 Å². The quantitative estimate of drug-likeness (QED) is 0.904. The molecule has 0 aliphatic rings. The molecule has 2 heterocycles. The normalized spacial score (nSPS) is 13.2. The standard InChI is InChI=1S/C11H16N4OS/c1-6(2)4-9-14-10(16-15-9)8-5-17-11(13-8)7(3)12/h5-7H,4,12H2,1-3H3. The monoisotopic (exact) mass is 252 g/mol. The summed E-state index contributed by atoms with van der Waals surface area (Å²) in [5.74, 6) is 1.71. The highest BCUT2D eigenvalue weighted by Crippen LogP contribution is 2.23. The zero-order valence-corrected chi connectivity index (χ0v) is 11.0. The van der Waals surface area contributed by atoms with Gasteiger partial charge < -0.3 is 10.3 Å². The first kappa shape index (κ1) is 12.2. The van der Waals surface area contributed by atoms with Crippen LogP contribution in [-0.2, 0) is 6.42 Å². The topological polar surface area (TPSA) is 77.8 Å². The maximum absolute atomic E-state index is 5.76. The van der Waals surface area contributed by atoms with E-state index < -0.39 is 0 Å². The molecule has 17 heavy (non-hydrogen) atoms. The molecule has 0 aliphatic carbocycles. The van der Waals surface area contributed by atoms with Crippen LogP contribution in [-0.4, -0.2) is 15.1 Å². The van der Waals surface area contributed by atoms with Crippen LogP contribution in [0.5, 0.6) is 0 Å². The van der Waals surface area contributed by atoms with Crippen LogP contribution in [0.3, 0.4) is 0 Å². The summed E-state index contributed by atoms with van der Waals surface area (Å²) in [7, 11) is 0. The second-order valence-electron chi connectivity index (χ2n) is 4.47. The van der Waals surface area contributed by atoms with Gasteiger partial charge in [-0.25, -0.2) is 4.98 Å². The van der Waals surface area contributed by atoms with Crippen LogP contribution >= 0.6 is 11.3 Å². The molecule has 2 N–H and O–H groups in total. The lowest BCUT2D eigenvalue weighted by Gasteiger charge is -1.96. The zero-order valence-electron chi connectivity index (χ0n) is 10.2. The van der Waals surface area contributed by atoms with Crippen molar-refractivity contribution in [3.8, 4) is 11.6 Å². The minimum Gasteiger partial charge on any atom is -0.332 e. The van der Waals surface area contributed by atoms with Gasteiger partial charge in [0.1, 0.15) is 10.7 Å². The Morgan fingerprint density at radius 2 is 2.12 bits per heavy atom. The Morgan fingerprint density at radius 1 is 1.35 bits per heavy atom. The molecule has 0 aliphatic heterocycles. The van der Waals surface area contributed by atoms with Gasteiger partial charge in [-0.1, -0.05) is 19.0 Å². The average Bonchev–Trinajstić information content (AvgIpc) is 2.83. The molecule has 1 unspecified atom stereocenters. The van der Waals surface area contributed by atoms with Gasteiger partial charge in [-0.15, -0.1) is 11.3 Å². The first-order valence-corrected chi connectivity index (χ1v) is 6.48. The van der Waals surface area contributed by atoms with Crippen molar-refractivity contribution in [3.63, 3.8) is 0 Å². The molecule has 0 spiro atoms. The molecule has 0 aromatic carbocycles. The predicted octanol–water partition coefficient (Wildman–Crippen LogP) is 2.41. The summed E-state index contributed by atoms with van der Waals surface area (Å²) in [6, 6.07) is -0.0631. The molecule has 0 saturated heterocycles. The molecular weight excluding hydrogens is 236 g/mol. The minimum absolute atomic E-state index is 0.0631. The first-order chi connectivity index (χ1) is 8.06. The molecule has 92 valence electrons. The van der Waals surface area contributed by atoms with Crippen LogP contribution in [0.4, 0.5) is 0 Å². The lowest BCUT2D eigenvalue weighted by Crippen LogP contribution is -2.03. The Hall–Kier alpha value is -1.27. The number of nitrogens with zero attached hydrogens (tertiary/aromatic N) is 3. The van der Waals surface area contributed by atoms with Crippen LogP contribution in [0.15, 0.2) is 9.90 Å². The Kier molecular flexibility index (Phi) is 3.54. The number of thiazole rings is 1. The van der Waals surface area contributed by atoms with Crippen LogP contribution in [0.2, 0.25) is 0 Å². The molecule has 0 fully saturated rings. The van der Waals surface area contributed by atoms with Crippen molar-refractivity contribution in [2.75, 3.05) is 0 Å². The van der Waals surface area contributed by atoms with Gasteiger partial charge in [0, 0.05) is 11.8 Å². The van der Waals surface area contributed by atoms with E-state index in [0.29, 0.717) is 17.5 Å². The number of hydrogen-bond donors (Lipinski definition) is 1. The van der Waals surface area contributed by atoms with Gasteiger partial charge in [0.05, 0.1) is 6.04 Å². The molecule has 2 aromatic rings. The fourth-order valence-electron chi connectivity index (χ4n) is 1.40. The van der Waals surface area contributed by atoms with E-state index in [4.69, 9.17) is 10.3 Å². The summed E-state index contributed by atoms with van der Waals surface area (Å²) >= 11 is 1.51. The average molecular weight is 252 g/mol. The van der Waals surface area contributed by atoms with Crippen LogP contribution in [0.25, 0.3) is 11.6 Å². The lowest BCUT2D eigenvalue weighted by atomic mass is 10.1. The van der Waals surface area contributed by atoms with Crippen molar-refractivity contribution in [2.45, 2.75) is 33.2 Å². The molecule has 5 nitrogen and oxygen atoms in total. The van der Waals surface area contributed by atoms with E-state index in [9.17, 15) is 0 Å². The Balaban J connectivity index is 2.18. The Morgan fingerprint density at radius 3 is 2.71 bits per heavy atom. The van der Waals surface area contributed by atoms with E-state index in [1.54, 1.807) is 0 Å². The van der Waals surface area contributed by atoms with E-state index in [-0.39, 0.29) is 6.04 Å². The van der Waals surface area contributed by atoms with E-state index in [1.807, 2.05) is 12.3 Å². The molecule has 0 bridgehead atoms. The Bertz CT molecular complexity index is 489. The number of nitrogens with two attached hydrogens (primary N) is 1. The van der Waals surface area contributed by atoms with Gasteiger partial charge in [0.15, 0.2) is 5.82 Å². The van der Waals surface area contributed by atoms with Gasteiger partial charge in [-0.05, 0) is 12.8 Å². The number of hydrogen-bond acceptors (Lipinski definition) is 6. The highest BCUT2D eigenvalue weighted by atomic mass is 32.1. The SMILES string of the molecule is CC(C)Cc1noc(-c2csc(C(C)N)n2)n1. The van der Waals surface area contributed by atoms with Crippen LogP contribution in [0.1, 0.15) is 37.6 Å². The predicted molar refractivity (Wildman–Crippen MR) is 66.6 cm³/mol. The third kappa shape index (κ3) is 2.89. The summed E-state index contributed by atoms with van der Waals surface area (Å²) in [6.45, 7) is 6.14. The molecule has 2 aromatic heterocycles. The van der Waals surface area contributed by atoms with Crippen molar-refractivity contribution in [1.82, 2.24) is 15.1 Å². The molecule has 1 atom stereocenters. The minimum atomic E-state index is -0.0631. The molecule has 0 radical (unpaired) electrons. The second-order valence-corrected chi connectivity index (χ2v) is 5.36. The fourth-order valence-corrected chi connectivity index (χ4v) is 2.15. The van der Waals surface area contributed by atoms with Gasteiger partial charge in [-0.3, -0.25) is 0 Å². The lowest BCUT2D eigenvalue weighted by molar-refractivity contribution is 0.417. The van der Waals surface area contributed by atoms with Crippen molar-refractivity contribution in [3.05, 3.63) is 16.2 Å².